The third kappa shape index (κ3) is 6.02. The zero-order chi connectivity index (χ0) is 28.5. The lowest BCUT2D eigenvalue weighted by molar-refractivity contribution is -0.125. The van der Waals surface area contributed by atoms with Crippen molar-refractivity contribution in [1.29, 1.82) is 0 Å². The maximum Gasteiger partial charge on any atom is 0.268 e. The third-order valence-electron chi connectivity index (χ3n) is 7.49. The van der Waals surface area contributed by atoms with Crippen LogP contribution in [-0.4, -0.2) is 75.7 Å². The van der Waals surface area contributed by atoms with Crippen LogP contribution in [0.5, 0.6) is 5.88 Å². The summed E-state index contributed by atoms with van der Waals surface area (Å²) in [5.41, 5.74) is 1.20. The predicted molar refractivity (Wildman–Crippen MR) is 157 cm³/mol. The van der Waals surface area contributed by atoms with Crippen molar-refractivity contribution in [3.63, 3.8) is 0 Å². The summed E-state index contributed by atoms with van der Waals surface area (Å²) >= 11 is 6.41. The number of anilines is 1. The summed E-state index contributed by atoms with van der Waals surface area (Å²) in [5.74, 6) is 0.389. The van der Waals surface area contributed by atoms with Gasteiger partial charge in [0.05, 0.1) is 23.0 Å². The Morgan fingerprint density at radius 1 is 1.12 bits per heavy atom. The molecule has 1 aromatic carbocycles. The molecular formula is C28H34ClN7O3Si. The third-order valence-corrected chi connectivity index (χ3v) is 12.3. The van der Waals surface area contributed by atoms with Crippen LogP contribution in [0.2, 0.25) is 23.2 Å². The van der Waals surface area contributed by atoms with Crippen LogP contribution in [-0.2, 0) is 9.22 Å². The molecule has 1 amide bonds. The molecule has 0 spiro atoms. The number of hydrogen-bond acceptors (Lipinski definition) is 8. The van der Waals surface area contributed by atoms with Gasteiger partial charge >= 0.3 is 0 Å². The summed E-state index contributed by atoms with van der Waals surface area (Å²) in [6.45, 7) is 13.0. The molecule has 12 heteroatoms. The molecule has 0 saturated carbocycles. The SMILES string of the molecule is CC(C)(C)[Si](C)(C)OC1CN(CC(Oc2ncnc3c2cnn3-c2ccccc2Cl)C(=O)Nc2ccccn2)C1. The highest BCUT2D eigenvalue weighted by atomic mass is 35.5. The summed E-state index contributed by atoms with van der Waals surface area (Å²) in [4.78, 5) is 28.6. The number of likely N-dealkylation sites (tertiary alicyclic amines) is 1. The molecule has 3 aromatic heterocycles. The Labute approximate surface area is 239 Å². The van der Waals surface area contributed by atoms with Crippen LogP contribution in [0, 0.1) is 0 Å². The van der Waals surface area contributed by atoms with E-state index in [-0.39, 0.29) is 22.9 Å². The van der Waals surface area contributed by atoms with E-state index >= 15 is 0 Å². The van der Waals surface area contributed by atoms with Gasteiger partial charge in [-0.1, -0.05) is 50.6 Å². The summed E-state index contributed by atoms with van der Waals surface area (Å²) < 4.78 is 14.5. The number of ether oxygens (including phenoxy) is 1. The number of pyridine rings is 1. The van der Waals surface area contributed by atoms with Crippen molar-refractivity contribution >= 4 is 42.7 Å². The molecule has 1 saturated heterocycles. The number of fused-ring (bicyclic) bond motifs is 1. The number of halogens is 1. The second kappa shape index (κ2) is 11.2. The molecule has 0 bridgehead atoms. The molecule has 0 aliphatic carbocycles. The summed E-state index contributed by atoms with van der Waals surface area (Å²) in [7, 11) is -1.88. The molecule has 10 nitrogen and oxygen atoms in total. The summed E-state index contributed by atoms with van der Waals surface area (Å²) in [6.07, 6.45) is 3.92. The second-order valence-corrected chi connectivity index (χ2v) is 16.6. The Bertz CT molecular complexity index is 1490. The van der Waals surface area contributed by atoms with Gasteiger partial charge in [-0.25, -0.2) is 19.6 Å². The largest absolute Gasteiger partial charge is 0.462 e. The maximum atomic E-state index is 13.4. The van der Waals surface area contributed by atoms with E-state index in [1.165, 1.54) is 6.33 Å². The molecule has 4 heterocycles. The smallest absolute Gasteiger partial charge is 0.268 e. The molecule has 40 heavy (non-hydrogen) atoms. The van der Waals surface area contributed by atoms with E-state index < -0.39 is 14.4 Å². The topological polar surface area (TPSA) is 107 Å². The zero-order valence-corrected chi connectivity index (χ0v) is 25.1. The fraction of sp³-hybridized carbons (Fsp3) is 0.393. The van der Waals surface area contributed by atoms with Crippen molar-refractivity contribution in [3.05, 3.63) is 66.2 Å². The number of rotatable bonds is 9. The van der Waals surface area contributed by atoms with Crippen LogP contribution in [0.4, 0.5) is 5.82 Å². The fourth-order valence-electron chi connectivity index (χ4n) is 4.24. The van der Waals surface area contributed by atoms with Crippen LogP contribution in [0.1, 0.15) is 20.8 Å². The van der Waals surface area contributed by atoms with Crippen molar-refractivity contribution in [3.8, 4) is 11.6 Å². The number of carbonyl (C=O) groups is 1. The standard InChI is InChI=1S/C28H34ClN7O3Si/c1-28(2,3)40(4,5)39-19-15-35(16-19)17-23(26(37)34-24-12-8-9-13-30-24)38-27-20-14-33-36(25(20)31-18-32-27)22-11-7-6-10-21(22)29/h6-14,18-19,23H,15-17H2,1-5H3,(H,30,34,37). The average molecular weight is 580 g/mol. The van der Waals surface area contributed by atoms with Gasteiger partial charge in [-0.2, -0.15) is 5.10 Å². The molecule has 5 rings (SSSR count). The fourth-order valence-corrected chi connectivity index (χ4v) is 5.79. The minimum absolute atomic E-state index is 0.133. The molecule has 1 atom stereocenters. The minimum Gasteiger partial charge on any atom is -0.462 e. The number of nitrogens with zero attached hydrogens (tertiary/aromatic N) is 6. The van der Waals surface area contributed by atoms with Crippen LogP contribution in [0.15, 0.2) is 61.2 Å². The highest BCUT2D eigenvalue weighted by molar-refractivity contribution is 6.74. The molecule has 1 fully saturated rings. The molecule has 1 aliphatic heterocycles. The van der Waals surface area contributed by atoms with E-state index in [9.17, 15) is 4.79 Å². The van der Waals surface area contributed by atoms with Crippen molar-refractivity contribution < 1.29 is 14.0 Å². The second-order valence-electron chi connectivity index (χ2n) is 11.5. The number of para-hydroxylation sites is 1. The normalized spacial score (nSPS) is 15.6. The molecule has 210 valence electrons. The van der Waals surface area contributed by atoms with Gasteiger partial charge in [0.15, 0.2) is 20.1 Å². The first-order chi connectivity index (χ1) is 19.0. The van der Waals surface area contributed by atoms with Crippen LogP contribution < -0.4 is 10.1 Å². The molecule has 1 aliphatic rings. The van der Waals surface area contributed by atoms with Gasteiger partial charge in [-0.3, -0.25) is 9.69 Å². The number of carbonyl (C=O) groups excluding carboxylic acids is 1. The number of nitrogens with one attached hydrogen (secondary N) is 1. The van der Waals surface area contributed by atoms with Gasteiger partial charge in [0, 0.05) is 25.8 Å². The lowest BCUT2D eigenvalue weighted by Crippen LogP contribution is -2.60. The molecule has 1 N–H and O–H groups in total. The Morgan fingerprint density at radius 3 is 2.58 bits per heavy atom. The number of benzene rings is 1. The predicted octanol–water partition coefficient (Wildman–Crippen LogP) is 4.96. The van der Waals surface area contributed by atoms with E-state index in [1.54, 1.807) is 35.3 Å². The lowest BCUT2D eigenvalue weighted by atomic mass is 10.1. The van der Waals surface area contributed by atoms with Crippen molar-refractivity contribution in [2.24, 2.45) is 0 Å². The quantitative estimate of drug-likeness (QED) is 0.277. The highest BCUT2D eigenvalue weighted by Gasteiger charge is 2.42. The summed E-state index contributed by atoms with van der Waals surface area (Å²) in [6, 6.07) is 12.7. The molecule has 0 radical (unpaired) electrons. The first-order valence-corrected chi connectivity index (χ1v) is 16.5. The van der Waals surface area contributed by atoms with E-state index in [4.69, 9.17) is 20.8 Å². The summed E-state index contributed by atoms with van der Waals surface area (Å²) in [5, 5.41) is 8.58. The van der Waals surface area contributed by atoms with Gasteiger partial charge in [-0.15, -0.1) is 0 Å². The van der Waals surface area contributed by atoms with Gasteiger partial charge in [0.2, 0.25) is 5.88 Å². The molecular weight excluding hydrogens is 546 g/mol. The van der Waals surface area contributed by atoms with Crippen LogP contribution in [0.25, 0.3) is 16.7 Å². The van der Waals surface area contributed by atoms with E-state index in [0.717, 1.165) is 13.1 Å². The van der Waals surface area contributed by atoms with E-state index in [0.29, 0.717) is 34.1 Å². The first-order valence-electron chi connectivity index (χ1n) is 13.2. The maximum absolute atomic E-state index is 13.4. The number of amides is 1. The van der Waals surface area contributed by atoms with Gasteiger partial charge < -0.3 is 14.5 Å². The van der Waals surface area contributed by atoms with E-state index in [2.05, 4.69) is 64.1 Å². The number of aromatic nitrogens is 5. The van der Waals surface area contributed by atoms with Crippen molar-refractivity contribution in [2.45, 2.75) is 51.1 Å². The monoisotopic (exact) mass is 579 g/mol. The Balaban J connectivity index is 1.36. The van der Waals surface area contributed by atoms with Crippen LogP contribution in [0.3, 0.4) is 0 Å². The van der Waals surface area contributed by atoms with Crippen LogP contribution >= 0.6 is 11.6 Å². The zero-order valence-electron chi connectivity index (χ0n) is 23.3. The van der Waals surface area contributed by atoms with Gasteiger partial charge in [-0.05, 0) is 42.4 Å². The van der Waals surface area contributed by atoms with Gasteiger partial charge in [0.25, 0.3) is 5.91 Å². The molecule has 4 aromatic rings. The van der Waals surface area contributed by atoms with Gasteiger partial charge in [0.1, 0.15) is 17.5 Å². The highest BCUT2D eigenvalue weighted by Crippen LogP contribution is 2.38. The number of hydrogen-bond donors (Lipinski definition) is 1. The van der Waals surface area contributed by atoms with Crippen molar-refractivity contribution in [2.75, 3.05) is 25.0 Å². The Morgan fingerprint density at radius 2 is 1.88 bits per heavy atom. The average Bonchev–Trinajstić information content (AvgIpc) is 3.32. The Hall–Kier alpha value is -3.38. The van der Waals surface area contributed by atoms with Crippen molar-refractivity contribution in [1.82, 2.24) is 29.6 Å². The first kappa shape index (κ1) is 28.2. The Kier molecular flexibility index (Phi) is 7.91. The molecule has 1 unspecified atom stereocenters. The van der Waals surface area contributed by atoms with E-state index in [1.807, 2.05) is 24.3 Å². The minimum atomic E-state index is -1.88. The lowest BCUT2D eigenvalue weighted by Gasteiger charge is -2.46.